The number of carboxylic acids is 1. The lowest BCUT2D eigenvalue weighted by Gasteiger charge is -2.33. The Labute approximate surface area is 106 Å². The summed E-state index contributed by atoms with van der Waals surface area (Å²) in [6.07, 6.45) is -7.36. The summed E-state index contributed by atoms with van der Waals surface area (Å²) in [5.74, 6) is -3.06. The number of benzene rings is 1. The zero-order valence-electron chi connectivity index (χ0n) is 9.90. The van der Waals surface area contributed by atoms with Gasteiger partial charge in [-0.25, -0.2) is 0 Å². The van der Waals surface area contributed by atoms with E-state index in [1.807, 2.05) is 0 Å². The van der Waals surface area contributed by atoms with Gasteiger partial charge in [-0.1, -0.05) is 12.1 Å². The number of hydrogen-bond donors (Lipinski definition) is 1. The first-order valence-corrected chi connectivity index (χ1v) is 5.46. The van der Waals surface area contributed by atoms with Crippen molar-refractivity contribution in [2.45, 2.75) is 18.7 Å². The van der Waals surface area contributed by atoms with Crippen molar-refractivity contribution >= 4 is 5.97 Å². The second kappa shape index (κ2) is 4.64. The smallest absolute Gasteiger partial charge is 0.426 e. The van der Waals surface area contributed by atoms with E-state index in [9.17, 15) is 18.0 Å². The van der Waals surface area contributed by atoms with Gasteiger partial charge in [-0.3, -0.25) is 4.79 Å². The lowest BCUT2D eigenvalue weighted by molar-refractivity contribution is -0.217. The minimum Gasteiger partial charge on any atom is -0.493 e. The van der Waals surface area contributed by atoms with Crippen LogP contribution in [0.15, 0.2) is 18.2 Å². The van der Waals surface area contributed by atoms with Crippen molar-refractivity contribution in [1.82, 2.24) is 0 Å². The summed E-state index contributed by atoms with van der Waals surface area (Å²) in [6.45, 7) is 0. The summed E-state index contributed by atoms with van der Waals surface area (Å²) in [5, 5.41) is 8.91. The molecule has 0 saturated heterocycles. The molecule has 0 spiro atoms. The van der Waals surface area contributed by atoms with Crippen molar-refractivity contribution in [2.24, 2.45) is 5.92 Å². The van der Waals surface area contributed by atoms with Gasteiger partial charge < -0.3 is 14.6 Å². The van der Waals surface area contributed by atoms with E-state index in [0.717, 1.165) is 0 Å². The Balaban J connectivity index is 2.45. The molecule has 0 amide bonds. The van der Waals surface area contributed by atoms with E-state index in [1.54, 1.807) is 6.07 Å². The molecular formula is C12H11F3O4. The van der Waals surface area contributed by atoms with Crippen molar-refractivity contribution in [3.05, 3.63) is 23.8 Å². The molecule has 1 aromatic carbocycles. The van der Waals surface area contributed by atoms with Gasteiger partial charge in [0, 0.05) is 0 Å². The van der Waals surface area contributed by atoms with Crippen molar-refractivity contribution in [3.8, 4) is 11.5 Å². The first-order chi connectivity index (χ1) is 8.84. The maximum atomic E-state index is 12.9. The van der Waals surface area contributed by atoms with Crippen LogP contribution in [0.3, 0.4) is 0 Å². The third-order valence-corrected chi connectivity index (χ3v) is 2.97. The molecule has 2 rings (SSSR count). The molecule has 0 aromatic heterocycles. The van der Waals surface area contributed by atoms with Gasteiger partial charge in [0.2, 0.25) is 6.10 Å². The average molecular weight is 276 g/mol. The first-order valence-electron chi connectivity index (χ1n) is 5.46. The summed E-state index contributed by atoms with van der Waals surface area (Å²) in [5.41, 5.74) is 0.396. The van der Waals surface area contributed by atoms with Gasteiger partial charge in [0.15, 0.2) is 11.5 Å². The van der Waals surface area contributed by atoms with E-state index < -0.39 is 24.2 Å². The van der Waals surface area contributed by atoms with Gasteiger partial charge in [0.25, 0.3) is 0 Å². The van der Waals surface area contributed by atoms with Crippen molar-refractivity contribution in [1.29, 1.82) is 0 Å². The summed E-state index contributed by atoms with van der Waals surface area (Å²) in [4.78, 5) is 11.0. The maximum Gasteiger partial charge on any atom is 0.426 e. The molecule has 1 N–H and O–H groups in total. The highest BCUT2D eigenvalue weighted by molar-refractivity contribution is 5.72. The van der Waals surface area contributed by atoms with Crippen LogP contribution in [0, 0.1) is 5.92 Å². The van der Waals surface area contributed by atoms with Crippen LogP contribution in [0.1, 0.15) is 5.56 Å². The highest BCUT2D eigenvalue weighted by atomic mass is 19.4. The molecule has 1 aliphatic rings. The molecule has 2 unspecified atom stereocenters. The molecule has 4 nitrogen and oxygen atoms in total. The van der Waals surface area contributed by atoms with Crippen LogP contribution in [0.5, 0.6) is 11.5 Å². The van der Waals surface area contributed by atoms with E-state index >= 15 is 0 Å². The number of ether oxygens (including phenoxy) is 2. The molecule has 0 aliphatic carbocycles. The van der Waals surface area contributed by atoms with Crippen LogP contribution < -0.4 is 9.47 Å². The predicted molar refractivity (Wildman–Crippen MR) is 58.3 cm³/mol. The second-order valence-corrected chi connectivity index (χ2v) is 4.18. The number of aliphatic carboxylic acids is 1. The van der Waals surface area contributed by atoms with Crippen LogP contribution in [0.4, 0.5) is 13.2 Å². The normalized spacial score (nSPS) is 22.3. The van der Waals surface area contributed by atoms with Crippen molar-refractivity contribution in [3.63, 3.8) is 0 Å². The quantitative estimate of drug-likeness (QED) is 0.900. The first kappa shape index (κ1) is 13.5. The molecule has 1 heterocycles. The van der Waals surface area contributed by atoms with Gasteiger partial charge >= 0.3 is 12.1 Å². The fourth-order valence-corrected chi connectivity index (χ4v) is 2.08. The number of methoxy groups -OCH3 is 1. The van der Waals surface area contributed by atoms with Gasteiger partial charge in [0.1, 0.15) is 5.92 Å². The number of alkyl halides is 3. The summed E-state index contributed by atoms with van der Waals surface area (Å²) in [6, 6.07) is 4.57. The molecule has 0 bridgehead atoms. The van der Waals surface area contributed by atoms with Crippen LogP contribution in [0.2, 0.25) is 0 Å². The molecule has 0 fully saturated rings. The number of fused-ring (bicyclic) bond motifs is 1. The van der Waals surface area contributed by atoms with E-state index in [-0.39, 0.29) is 17.9 Å². The Morgan fingerprint density at radius 3 is 2.68 bits per heavy atom. The van der Waals surface area contributed by atoms with Gasteiger partial charge in [-0.05, 0) is 18.1 Å². The summed E-state index contributed by atoms with van der Waals surface area (Å²) >= 11 is 0. The monoisotopic (exact) mass is 276 g/mol. The maximum absolute atomic E-state index is 12.9. The van der Waals surface area contributed by atoms with Crippen LogP contribution in [-0.4, -0.2) is 30.5 Å². The Kier molecular flexibility index (Phi) is 3.30. The van der Waals surface area contributed by atoms with E-state index in [4.69, 9.17) is 14.6 Å². The highest BCUT2D eigenvalue weighted by Crippen LogP contribution is 2.42. The van der Waals surface area contributed by atoms with Crippen LogP contribution in [0.25, 0.3) is 0 Å². The number of carboxylic acid groups (broad SMARTS) is 1. The lowest BCUT2D eigenvalue weighted by atomic mass is 9.90. The molecule has 1 aliphatic heterocycles. The number of halogens is 3. The molecule has 1 aromatic rings. The Bertz CT molecular complexity index is 498. The van der Waals surface area contributed by atoms with Crippen LogP contribution in [-0.2, 0) is 11.2 Å². The molecule has 2 atom stereocenters. The number of rotatable bonds is 2. The molecule has 0 radical (unpaired) electrons. The largest absolute Gasteiger partial charge is 0.493 e. The minimum atomic E-state index is -4.75. The zero-order valence-corrected chi connectivity index (χ0v) is 9.90. The summed E-state index contributed by atoms with van der Waals surface area (Å²) < 4.78 is 48.3. The minimum absolute atomic E-state index is 0.0372. The van der Waals surface area contributed by atoms with E-state index in [0.29, 0.717) is 5.56 Å². The van der Waals surface area contributed by atoms with E-state index in [1.165, 1.54) is 19.2 Å². The third kappa shape index (κ3) is 2.45. The average Bonchev–Trinajstić information content (AvgIpc) is 2.35. The number of hydrogen-bond acceptors (Lipinski definition) is 3. The Morgan fingerprint density at radius 1 is 1.47 bits per heavy atom. The van der Waals surface area contributed by atoms with Gasteiger partial charge in [-0.2, -0.15) is 13.2 Å². The molecule has 104 valence electrons. The SMILES string of the molecule is COc1cccc2c1OC(C(F)(F)F)C(C(=O)O)C2. The standard InChI is InChI=1S/C12H11F3O4/c1-18-8-4-2-3-6-5-7(11(16)17)10(12(13,14)15)19-9(6)8/h2-4,7,10H,5H2,1H3,(H,16,17). The molecule has 7 heteroatoms. The van der Waals surface area contributed by atoms with E-state index in [2.05, 4.69) is 0 Å². The fraction of sp³-hybridized carbons (Fsp3) is 0.417. The van der Waals surface area contributed by atoms with Crippen molar-refractivity contribution in [2.75, 3.05) is 7.11 Å². The lowest BCUT2D eigenvalue weighted by Crippen LogP contribution is -2.47. The third-order valence-electron chi connectivity index (χ3n) is 2.97. The van der Waals surface area contributed by atoms with Crippen LogP contribution >= 0.6 is 0 Å². The second-order valence-electron chi connectivity index (χ2n) is 4.18. The van der Waals surface area contributed by atoms with Gasteiger partial charge in [0.05, 0.1) is 7.11 Å². The predicted octanol–water partition coefficient (Wildman–Crippen LogP) is 2.26. The molecular weight excluding hydrogens is 265 g/mol. The summed E-state index contributed by atoms with van der Waals surface area (Å²) in [7, 11) is 1.31. The Morgan fingerprint density at radius 2 is 2.16 bits per heavy atom. The number of carbonyl (C=O) groups is 1. The Hall–Kier alpha value is -1.92. The molecule has 0 saturated carbocycles. The highest BCUT2D eigenvalue weighted by Gasteiger charge is 2.52. The topological polar surface area (TPSA) is 55.8 Å². The van der Waals surface area contributed by atoms with Gasteiger partial charge in [-0.15, -0.1) is 0 Å². The zero-order chi connectivity index (χ0) is 14.2. The molecule has 19 heavy (non-hydrogen) atoms. The number of para-hydroxylation sites is 1. The van der Waals surface area contributed by atoms with Crippen molar-refractivity contribution < 1.29 is 32.5 Å². The fourth-order valence-electron chi connectivity index (χ4n) is 2.08.